The number of halogens is 1. The Morgan fingerprint density at radius 3 is 2.65 bits per heavy atom. The van der Waals surface area contributed by atoms with Crippen molar-refractivity contribution in [2.75, 3.05) is 6.61 Å². The zero-order chi connectivity index (χ0) is 16.2. The lowest BCUT2D eigenvalue weighted by Crippen LogP contribution is -1.94. The predicted molar refractivity (Wildman–Crippen MR) is 82.6 cm³/mol. The maximum Gasteiger partial charge on any atom is 0.165 e. The van der Waals surface area contributed by atoms with Gasteiger partial charge in [-0.2, -0.15) is 5.26 Å². The molecule has 3 aromatic rings. The molecule has 0 spiro atoms. The number of rotatable bonds is 4. The summed E-state index contributed by atoms with van der Waals surface area (Å²) in [6.07, 6.45) is 1.70. The number of benzene rings is 2. The summed E-state index contributed by atoms with van der Waals surface area (Å²) in [6.45, 7) is 2.21. The van der Waals surface area contributed by atoms with Crippen LogP contribution >= 0.6 is 0 Å². The van der Waals surface area contributed by atoms with Gasteiger partial charge in [0, 0.05) is 5.56 Å². The van der Waals surface area contributed by atoms with Crippen LogP contribution in [-0.4, -0.2) is 21.6 Å². The molecular formula is C17H13FN4O. The zero-order valence-corrected chi connectivity index (χ0v) is 12.4. The summed E-state index contributed by atoms with van der Waals surface area (Å²) in [6, 6.07) is 13.7. The SMILES string of the molecule is CCOc1ccc(-c2cn(-c3ccc(C#N)cc3)nn2)cc1F. The molecule has 0 amide bonds. The maximum atomic E-state index is 13.9. The van der Waals surface area contributed by atoms with Gasteiger partial charge >= 0.3 is 0 Å². The summed E-state index contributed by atoms with van der Waals surface area (Å²) in [7, 11) is 0. The Labute approximate surface area is 132 Å². The van der Waals surface area contributed by atoms with Gasteiger partial charge in [-0.3, -0.25) is 0 Å². The van der Waals surface area contributed by atoms with Crippen molar-refractivity contribution in [3.05, 3.63) is 60.0 Å². The molecule has 2 aromatic carbocycles. The molecule has 5 nitrogen and oxygen atoms in total. The molecule has 3 rings (SSSR count). The van der Waals surface area contributed by atoms with Crippen LogP contribution in [0, 0.1) is 17.1 Å². The Bertz CT molecular complexity index is 865. The summed E-state index contributed by atoms with van der Waals surface area (Å²) in [5.74, 6) is -0.215. The average Bonchev–Trinajstić information content (AvgIpc) is 3.07. The van der Waals surface area contributed by atoms with Gasteiger partial charge in [0.25, 0.3) is 0 Å². The highest BCUT2D eigenvalue weighted by Gasteiger charge is 2.09. The van der Waals surface area contributed by atoms with Gasteiger partial charge in [-0.15, -0.1) is 5.10 Å². The molecule has 0 atom stereocenters. The van der Waals surface area contributed by atoms with Gasteiger partial charge in [0.1, 0.15) is 5.69 Å². The minimum absolute atomic E-state index is 0.218. The standard InChI is InChI=1S/C17H13FN4O/c1-2-23-17-8-5-13(9-15(17)18)16-11-22(21-20-16)14-6-3-12(10-19)4-7-14/h3-9,11H,2H2,1H3. The first-order chi connectivity index (χ1) is 11.2. The Hall–Kier alpha value is -3.20. The Kier molecular flexibility index (Phi) is 4.02. The van der Waals surface area contributed by atoms with Crippen molar-refractivity contribution in [2.24, 2.45) is 0 Å². The number of nitrogens with zero attached hydrogens (tertiary/aromatic N) is 4. The Balaban J connectivity index is 1.89. The van der Waals surface area contributed by atoms with Gasteiger partial charge < -0.3 is 4.74 Å². The van der Waals surface area contributed by atoms with E-state index >= 15 is 0 Å². The van der Waals surface area contributed by atoms with E-state index in [1.165, 1.54) is 6.07 Å². The van der Waals surface area contributed by atoms with Gasteiger partial charge in [0.15, 0.2) is 11.6 Å². The number of hydrogen-bond acceptors (Lipinski definition) is 4. The largest absolute Gasteiger partial charge is 0.491 e. The summed E-state index contributed by atoms with van der Waals surface area (Å²) >= 11 is 0. The van der Waals surface area contributed by atoms with Crippen LogP contribution in [0.2, 0.25) is 0 Å². The first-order valence-corrected chi connectivity index (χ1v) is 7.07. The van der Waals surface area contributed by atoms with E-state index < -0.39 is 5.82 Å². The van der Waals surface area contributed by atoms with Crippen LogP contribution < -0.4 is 4.74 Å². The first kappa shape index (κ1) is 14.7. The first-order valence-electron chi connectivity index (χ1n) is 7.07. The molecule has 6 heteroatoms. The molecule has 0 saturated carbocycles. The van der Waals surface area contributed by atoms with E-state index in [0.29, 0.717) is 23.4 Å². The van der Waals surface area contributed by atoms with Crippen molar-refractivity contribution in [3.63, 3.8) is 0 Å². The van der Waals surface area contributed by atoms with Gasteiger partial charge in [0.05, 0.1) is 30.1 Å². The Morgan fingerprint density at radius 2 is 2.00 bits per heavy atom. The van der Waals surface area contributed by atoms with Crippen LogP contribution in [0.5, 0.6) is 5.75 Å². The van der Waals surface area contributed by atoms with Crippen LogP contribution in [0.4, 0.5) is 4.39 Å². The van der Waals surface area contributed by atoms with E-state index in [4.69, 9.17) is 10.00 Å². The van der Waals surface area contributed by atoms with Crippen LogP contribution in [0.3, 0.4) is 0 Å². The lowest BCUT2D eigenvalue weighted by atomic mass is 10.1. The monoisotopic (exact) mass is 308 g/mol. The quantitative estimate of drug-likeness (QED) is 0.741. The zero-order valence-electron chi connectivity index (χ0n) is 12.4. The minimum atomic E-state index is -0.433. The molecule has 114 valence electrons. The summed E-state index contributed by atoms with van der Waals surface area (Å²) in [5, 5.41) is 16.9. The van der Waals surface area contributed by atoms with Gasteiger partial charge in [-0.05, 0) is 49.4 Å². The fourth-order valence-electron chi connectivity index (χ4n) is 2.14. The van der Waals surface area contributed by atoms with Crippen molar-refractivity contribution in [1.29, 1.82) is 5.26 Å². The van der Waals surface area contributed by atoms with E-state index in [1.807, 2.05) is 0 Å². The average molecular weight is 308 g/mol. The summed E-state index contributed by atoms with van der Waals surface area (Å²) in [5.41, 5.74) is 2.51. The highest BCUT2D eigenvalue weighted by Crippen LogP contribution is 2.24. The van der Waals surface area contributed by atoms with E-state index in [9.17, 15) is 4.39 Å². The summed E-state index contributed by atoms with van der Waals surface area (Å²) < 4.78 is 20.7. The van der Waals surface area contributed by atoms with Gasteiger partial charge in [-0.25, -0.2) is 9.07 Å². The highest BCUT2D eigenvalue weighted by atomic mass is 19.1. The van der Waals surface area contributed by atoms with Crippen molar-refractivity contribution in [1.82, 2.24) is 15.0 Å². The smallest absolute Gasteiger partial charge is 0.165 e. The fraction of sp³-hybridized carbons (Fsp3) is 0.118. The molecule has 0 unspecified atom stereocenters. The van der Waals surface area contributed by atoms with Crippen LogP contribution in [0.25, 0.3) is 16.9 Å². The number of nitriles is 1. The molecule has 1 aromatic heterocycles. The third kappa shape index (κ3) is 3.04. The highest BCUT2D eigenvalue weighted by molar-refractivity contribution is 5.59. The predicted octanol–water partition coefficient (Wildman–Crippen LogP) is 3.34. The lowest BCUT2D eigenvalue weighted by molar-refractivity contribution is 0.321. The molecule has 0 aliphatic rings. The molecule has 0 aliphatic heterocycles. The van der Waals surface area contributed by atoms with E-state index in [0.717, 1.165) is 5.69 Å². The molecule has 0 bridgehead atoms. The van der Waals surface area contributed by atoms with E-state index in [2.05, 4.69) is 16.4 Å². The molecular weight excluding hydrogens is 295 g/mol. The number of ether oxygens (including phenoxy) is 1. The molecule has 0 fully saturated rings. The third-order valence-corrected chi connectivity index (χ3v) is 3.28. The Morgan fingerprint density at radius 1 is 1.22 bits per heavy atom. The van der Waals surface area contributed by atoms with Gasteiger partial charge in [-0.1, -0.05) is 5.21 Å². The molecule has 0 radical (unpaired) electrons. The molecule has 0 saturated heterocycles. The topological polar surface area (TPSA) is 63.7 Å². The van der Waals surface area contributed by atoms with Gasteiger partial charge in [0.2, 0.25) is 0 Å². The molecule has 1 heterocycles. The minimum Gasteiger partial charge on any atom is -0.491 e. The van der Waals surface area contributed by atoms with E-state index in [-0.39, 0.29) is 5.75 Å². The second kappa shape index (κ2) is 6.28. The lowest BCUT2D eigenvalue weighted by Gasteiger charge is -2.05. The molecule has 0 N–H and O–H groups in total. The second-order valence-electron chi connectivity index (χ2n) is 4.79. The maximum absolute atomic E-state index is 13.9. The molecule has 23 heavy (non-hydrogen) atoms. The van der Waals surface area contributed by atoms with Crippen molar-refractivity contribution >= 4 is 0 Å². The number of aromatic nitrogens is 3. The number of hydrogen-bond donors (Lipinski definition) is 0. The fourth-order valence-corrected chi connectivity index (χ4v) is 2.14. The normalized spacial score (nSPS) is 10.3. The van der Waals surface area contributed by atoms with Crippen LogP contribution in [0.1, 0.15) is 12.5 Å². The summed E-state index contributed by atoms with van der Waals surface area (Å²) in [4.78, 5) is 0. The van der Waals surface area contributed by atoms with Crippen molar-refractivity contribution in [3.8, 4) is 28.8 Å². The van der Waals surface area contributed by atoms with Crippen LogP contribution in [0.15, 0.2) is 48.7 Å². The second-order valence-corrected chi connectivity index (χ2v) is 4.79. The van der Waals surface area contributed by atoms with Crippen molar-refractivity contribution < 1.29 is 9.13 Å². The third-order valence-electron chi connectivity index (χ3n) is 3.28. The van der Waals surface area contributed by atoms with Crippen molar-refractivity contribution in [2.45, 2.75) is 6.92 Å². The van der Waals surface area contributed by atoms with E-state index in [1.54, 1.807) is 54.2 Å². The molecule has 0 aliphatic carbocycles. The van der Waals surface area contributed by atoms with Crippen LogP contribution in [-0.2, 0) is 0 Å².